The van der Waals surface area contributed by atoms with Gasteiger partial charge in [-0.2, -0.15) is 0 Å². The highest BCUT2D eigenvalue weighted by Gasteiger charge is 2.28. The molecular weight excluding hydrogens is 260 g/mol. The van der Waals surface area contributed by atoms with Crippen molar-refractivity contribution in [1.29, 1.82) is 0 Å². The molecule has 1 aromatic rings. The van der Waals surface area contributed by atoms with E-state index < -0.39 is 10.8 Å². The second kappa shape index (κ2) is 5.85. The Morgan fingerprint density at radius 1 is 1.50 bits per heavy atom. The van der Waals surface area contributed by atoms with Crippen molar-refractivity contribution in [3.8, 4) is 0 Å². The number of hydrogen-bond donors (Lipinski definition) is 2. The van der Waals surface area contributed by atoms with Crippen LogP contribution in [-0.2, 0) is 0 Å². The molecule has 1 saturated carbocycles. The van der Waals surface area contributed by atoms with Gasteiger partial charge in [-0.3, -0.25) is 14.9 Å². The van der Waals surface area contributed by atoms with Gasteiger partial charge in [0.25, 0.3) is 11.6 Å². The summed E-state index contributed by atoms with van der Waals surface area (Å²) in [4.78, 5) is 26.6. The van der Waals surface area contributed by atoms with Gasteiger partial charge in [-0.1, -0.05) is 13.3 Å². The van der Waals surface area contributed by atoms with E-state index in [2.05, 4.69) is 22.5 Å². The van der Waals surface area contributed by atoms with Crippen molar-refractivity contribution in [3.05, 3.63) is 27.9 Å². The van der Waals surface area contributed by atoms with Crippen molar-refractivity contribution in [2.24, 2.45) is 5.92 Å². The first-order valence-electron chi connectivity index (χ1n) is 6.66. The van der Waals surface area contributed by atoms with Crippen LogP contribution in [0.4, 0.5) is 11.5 Å². The molecule has 1 aliphatic rings. The number of nitro groups is 1. The lowest BCUT2D eigenvalue weighted by Crippen LogP contribution is -2.36. The van der Waals surface area contributed by atoms with Gasteiger partial charge in [-0.15, -0.1) is 0 Å². The molecule has 0 aromatic carbocycles. The van der Waals surface area contributed by atoms with Gasteiger partial charge in [0.2, 0.25) is 0 Å². The maximum Gasteiger partial charge on any atom is 0.300 e. The number of pyridine rings is 1. The van der Waals surface area contributed by atoms with Crippen molar-refractivity contribution in [2.45, 2.75) is 32.2 Å². The van der Waals surface area contributed by atoms with Crippen LogP contribution in [0.2, 0.25) is 0 Å². The highest BCUT2D eigenvalue weighted by atomic mass is 16.6. The van der Waals surface area contributed by atoms with Crippen LogP contribution in [0.3, 0.4) is 0 Å². The predicted molar refractivity (Wildman–Crippen MR) is 74.7 cm³/mol. The lowest BCUT2D eigenvalue weighted by atomic mass is 10.1. The number of rotatable bonds is 4. The van der Waals surface area contributed by atoms with Crippen LogP contribution in [0.5, 0.6) is 0 Å². The maximum atomic E-state index is 12.3. The molecular formula is C13H18N4O3. The van der Waals surface area contributed by atoms with E-state index in [1.165, 1.54) is 6.07 Å². The third-order valence-corrected chi connectivity index (χ3v) is 3.76. The summed E-state index contributed by atoms with van der Waals surface area (Å²) in [5, 5.41) is 16.7. The topological polar surface area (TPSA) is 97.2 Å². The Labute approximate surface area is 116 Å². The van der Waals surface area contributed by atoms with Gasteiger partial charge < -0.3 is 10.6 Å². The minimum absolute atomic E-state index is 0.0495. The van der Waals surface area contributed by atoms with Gasteiger partial charge >= 0.3 is 0 Å². The van der Waals surface area contributed by atoms with Crippen LogP contribution in [0.25, 0.3) is 0 Å². The Bertz CT molecular complexity index is 532. The van der Waals surface area contributed by atoms with E-state index in [9.17, 15) is 14.9 Å². The van der Waals surface area contributed by atoms with Gasteiger partial charge in [-0.05, 0) is 18.8 Å². The van der Waals surface area contributed by atoms with E-state index in [0.717, 1.165) is 25.5 Å². The maximum absolute atomic E-state index is 12.3. The number of aromatic nitrogens is 1. The first-order chi connectivity index (χ1) is 9.52. The number of carbonyl (C=O) groups excluding carboxylic acids is 1. The Kier molecular flexibility index (Phi) is 4.16. The Morgan fingerprint density at radius 2 is 2.25 bits per heavy atom. The Balaban J connectivity index is 2.25. The number of anilines is 1. The van der Waals surface area contributed by atoms with Gasteiger partial charge in [-0.25, -0.2) is 4.98 Å². The smallest absolute Gasteiger partial charge is 0.300 e. The summed E-state index contributed by atoms with van der Waals surface area (Å²) in [5.74, 6) is 0.429. The highest BCUT2D eigenvalue weighted by molar-refractivity contribution is 5.98. The van der Waals surface area contributed by atoms with Gasteiger partial charge in [0, 0.05) is 19.2 Å². The molecule has 7 nitrogen and oxygen atoms in total. The number of hydrogen-bond acceptors (Lipinski definition) is 5. The summed E-state index contributed by atoms with van der Waals surface area (Å²) in [7, 11) is 1.65. The zero-order valence-corrected chi connectivity index (χ0v) is 11.5. The largest absolute Gasteiger partial charge is 0.373 e. The molecule has 2 unspecified atom stereocenters. The number of amides is 1. The van der Waals surface area contributed by atoms with Crippen LogP contribution in [0.15, 0.2) is 12.3 Å². The standard InChI is InChI=1S/C13H18N4O3/c1-8-4-3-5-10(8)16-13(18)9-6-12(14-2)15-7-11(9)17(19)20/h6-8,10H,3-5H2,1-2H3,(H,14,15)(H,16,18). The number of nitrogens with zero attached hydrogens (tertiary/aromatic N) is 2. The summed E-state index contributed by atoms with van der Waals surface area (Å²) < 4.78 is 0. The molecule has 1 amide bonds. The van der Waals surface area contributed by atoms with Crippen molar-refractivity contribution >= 4 is 17.4 Å². The average molecular weight is 278 g/mol. The molecule has 2 N–H and O–H groups in total. The molecule has 7 heteroatoms. The summed E-state index contributed by atoms with van der Waals surface area (Å²) in [6.07, 6.45) is 4.18. The summed E-state index contributed by atoms with van der Waals surface area (Å²) in [5.41, 5.74) is -0.222. The van der Waals surface area contributed by atoms with Crippen LogP contribution >= 0.6 is 0 Å². The molecule has 1 heterocycles. The second-order valence-corrected chi connectivity index (χ2v) is 5.08. The third kappa shape index (κ3) is 2.87. The molecule has 0 radical (unpaired) electrons. The molecule has 0 bridgehead atoms. The molecule has 0 spiro atoms. The quantitative estimate of drug-likeness (QED) is 0.648. The van der Waals surface area contributed by atoms with Gasteiger partial charge in [0.15, 0.2) is 0 Å². The molecule has 1 aromatic heterocycles. The average Bonchev–Trinajstić information content (AvgIpc) is 2.83. The fraction of sp³-hybridized carbons (Fsp3) is 0.538. The van der Waals surface area contributed by atoms with E-state index in [1.807, 2.05) is 0 Å². The SMILES string of the molecule is CNc1cc(C(=O)NC2CCCC2C)c([N+](=O)[O-])cn1. The van der Waals surface area contributed by atoms with Crippen LogP contribution in [0.1, 0.15) is 36.5 Å². The normalized spacial score (nSPS) is 21.5. The summed E-state index contributed by atoms with van der Waals surface area (Å²) in [6, 6.07) is 1.50. The molecule has 0 saturated heterocycles. The third-order valence-electron chi connectivity index (χ3n) is 3.76. The first kappa shape index (κ1) is 14.2. The highest BCUT2D eigenvalue weighted by Crippen LogP contribution is 2.26. The Hall–Kier alpha value is -2.18. The zero-order chi connectivity index (χ0) is 14.7. The minimum Gasteiger partial charge on any atom is -0.373 e. The molecule has 1 aliphatic carbocycles. The molecule has 108 valence electrons. The van der Waals surface area contributed by atoms with E-state index in [1.54, 1.807) is 7.05 Å². The molecule has 1 fully saturated rings. The van der Waals surface area contributed by atoms with Crippen LogP contribution in [0, 0.1) is 16.0 Å². The lowest BCUT2D eigenvalue weighted by Gasteiger charge is -2.17. The van der Waals surface area contributed by atoms with E-state index >= 15 is 0 Å². The molecule has 20 heavy (non-hydrogen) atoms. The van der Waals surface area contributed by atoms with Gasteiger partial charge in [0.1, 0.15) is 17.6 Å². The molecule has 2 rings (SSSR count). The Morgan fingerprint density at radius 3 is 2.80 bits per heavy atom. The minimum atomic E-state index is -0.584. The number of carbonyl (C=O) groups is 1. The van der Waals surface area contributed by atoms with E-state index in [4.69, 9.17) is 0 Å². The summed E-state index contributed by atoms with van der Waals surface area (Å²) in [6.45, 7) is 2.08. The van der Waals surface area contributed by atoms with Gasteiger partial charge in [0.05, 0.1) is 4.92 Å². The first-order valence-corrected chi connectivity index (χ1v) is 6.66. The fourth-order valence-corrected chi connectivity index (χ4v) is 2.52. The lowest BCUT2D eigenvalue weighted by molar-refractivity contribution is -0.385. The van der Waals surface area contributed by atoms with Crippen LogP contribution < -0.4 is 10.6 Å². The molecule has 2 atom stereocenters. The zero-order valence-electron chi connectivity index (χ0n) is 11.5. The van der Waals surface area contributed by atoms with Crippen molar-refractivity contribution in [1.82, 2.24) is 10.3 Å². The van der Waals surface area contributed by atoms with Crippen molar-refractivity contribution in [2.75, 3.05) is 12.4 Å². The fourth-order valence-electron chi connectivity index (χ4n) is 2.52. The summed E-state index contributed by atoms with van der Waals surface area (Å²) >= 11 is 0. The second-order valence-electron chi connectivity index (χ2n) is 5.08. The van der Waals surface area contributed by atoms with Crippen molar-refractivity contribution < 1.29 is 9.72 Å². The van der Waals surface area contributed by atoms with E-state index in [-0.39, 0.29) is 17.3 Å². The molecule has 0 aliphatic heterocycles. The predicted octanol–water partition coefficient (Wildman–Crippen LogP) is 1.95. The van der Waals surface area contributed by atoms with Crippen LogP contribution in [-0.4, -0.2) is 28.9 Å². The monoisotopic (exact) mass is 278 g/mol. The van der Waals surface area contributed by atoms with Crippen molar-refractivity contribution in [3.63, 3.8) is 0 Å². The van der Waals surface area contributed by atoms with E-state index in [0.29, 0.717) is 11.7 Å². The number of nitrogens with one attached hydrogen (secondary N) is 2.